The normalized spacial score (nSPS) is 11.7. The van der Waals surface area contributed by atoms with Crippen molar-refractivity contribution >= 4 is 21.5 Å². The number of sulfonamides is 1. The van der Waals surface area contributed by atoms with Crippen LogP contribution < -0.4 is 4.72 Å². The maximum atomic E-state index is 12.3. The molecule has 0 amide bonds. The molecular formula is C16H15N3O3S. The molecule has 0 saturated carbocycles. The van der Waals surface area contributed by atoms with E-state index >= 15 is 0 Å². The molecule has 2 aromatic heterocycles. The molecule has 0 radical (unpaired) electrons. The van der Waals surface area contributed by atoms with Gasteiger partial charge in [-0.05, 0) is 31.2 Å². The standard InChI is InChI=1S/C16H15N3O3S/c1-12(20)13-5-7-15(8-6-13)23(21,22)17-10-14-11-19-9-3-2-4-16(19)18-14/h2-9,11,17H,10H2,1H3. The van der Waals surface area contributed by atoms with Gasteiger partial charge in [-0.25, -0.2) is 18.1 Å². The van der Waals surface area contributed by atoms with Gasteiger partial charge in [-0.3, -0.25) is 4.79 Å². The van der Waals surface area contributed by atoms with Crippen molar-refractivity contribution < 1.29 is 13.2 Å². The first kappa shape index (κ1) is 15.4. The summed E-state index contributed by atoms with van der Waals surface area (Å²) in [5.41, 5.74) is 1.86. The van der Waals surface area contributed by atoms with Crippen LogP contribution in [0.15, 0.2) is 59.8 Å². The zero-order valence-electron chi connectivity index (χ0n) is 12.4. The van der Waals surface area contributed by atoms with E-state index in [0.29, 0.717) is 11.3 Å². The highest BCUT2D eigenvalue weighted by molar-refractivity contribution is 7.89. The van der Waals surface area contributed by atoms with Crippen LogP contribution >= 0.6 is 0 Å². The van der Waals surface area contributed by atoms with Crippen molar-refractivity contribution in [2.75, 3.05) is 0 Å². The summed E-state index contributed by atoms with van der Waals surface area (Å²) in [7, 11) is -3.65. The number of Topliss-reactive ketones (excluding diaryl/α,β-unsaturated/α-hetero) is 1. The number of nitrogens with one attached hydrogen (secondary N) is 1. The first-order chi connectivity index (χ1) is 11.0. The molecule has 23 heavy (non-hydrogen) atoms. The Balaban J connectivity index is 1.76. The van der Waals surface area contributed by atoms with E-state index in [-0.39, 0.29) is 17.2 Å². The molecule has 0 aliphatic rings. The summed E-state index contributed by atoms with van der Waals surface area (Å²) in [6.45, 7) is 1.53. The molecule has 0 fully saturated rings. The number of carbonyl (C=O) groups excluding carboxylic acids is 1. The Hall–Kier alpha value is -2.51. The van der Waals surface area contributed by atoms with Gasteiger partial charge >= 0.3 is 0 Å². The molecule has 118 valence electrons. The Labute approximate surface area is 133 Å². The molecule has 0 aliphatic heterocycles. The van der Waals surface area contributed by atoms with E-state index in [2.05, 4.69) is 9.71 Å². The highest BCUT2D eigenvalue weighted by Gasteiger charge is 2.15. The van der Waals surface area contributed by atoms with Crippen LogP contribution in [0.3, 0.4) is 0 Å². The summed E-state index contributed by atoms with van der Waals surface area (Å²) in [5.74, 6) is -0.105. The van der Waals surface area contributed by atoms with E-state index in [1.807, 2.05) is 28.8 Å². The Kier molecular flexibility index (Phi) is 3.97. The molecule has 1 aromatic carbocycles. The summed E-state index contributed by atoms with van der Waals surface area (Å²) in [6, 6.07) is 11.4. The minimum atomic E-state index is -3.65. The highest BCUT2D eigenvalue weighted by Crippen LogP contribution is 2.12. The second kappa shape index (κ2) is 5.94. The van der Waals surface area contributed by atoms with Crippen LogP contribution in [-0.4, -0.2) is 23.6 Å². The van der Waals surface area contributed by atoms with Crippen LogP contribution in [-0.2, 0) is 16.6 Å². The molecule has 0 unspecified atom stereocenters. The van der Waals surface area contributed by atoms with Gasteiger partial charge in [-0.2, -0.15) is 0 Å². The van der Waals surface area contributed by atoms with Crippen molar-refractivity contribution in [3.8, 4) is 0 Å². The smallest absolute Gasteiger partial charge is 0.240 e. The fourth-order valence-electron chi connectivity index (χ4n) is 2.19. The lowest BCUT2D eigenvalue weighted by molar-refractivity contribution is 0.101. The molecule has 1 N–H and O–H groups in total. The van der Waals surface area contributed by atoms with Gasteiger partial charge in [-0.15, -0.1) is 0 Å². The molecule has 0 atom stereocenters. The predicted molar refractivity (Wildman–Crippen MR) is 85.7 cm³/mol. The molecule has 0 saturated heterocycles. The third kappa shape index (κ3) is 3.30. The summed E-state index contributed by atoms with van der Waals surface area (Å²) in [6.07, 6.45) is 3.62. The number of benzene rings is 1. The van der Waals surface area contributed by atoms with Crippen LogP contribution in [0.1, 0.15) is 23.0 Å². The van der Waals surface area contributed by atoms with Crippen molar-refractivity contribution in [3.63, 3.8) is 0 Å². The third-order valence-electron chi connectivity index (χ3n) is 3.43. The average Bonchev–Trinajstić information content (AvgIpc) is 2.96. The van der Waals surface area contributed by atoms with Crippen LogP contribution in [0.25, 0.3) is 5.65 Å². The second-order valence-corrected chi connectivity index (χ2v) is 6.87. The lowest BCUT2D eigenvalue weighted by atomic mass is 10.2. The monoisotopic (exact) mass is 329 g/mol. The van der Waals surface area contributed by atoms with Crippen LogP contribution in [0.2, 0.25) is 0 Å². The van der Waals surface area contributed by atoms with E-state index in [1.165, 1.54) is 31.2 Å². The third-order valence-corrected chi connectivity index (χ3v) is 4.85. The number of aromatic nitrogens is 2. The maximum Gasteiger partial charge on any atom is 0.240 e. The van der Waals surface area contributed by atoms with Crippen molar-refractivity contribution in [2.24, 2.45) is 0 Å². The average molecular weight is 329 g/mol. The Morgan fingerprint density at radius 2 is 1.91 bits per heavy atom. The number of hydrogen-bond acceptors (Lipinski definition) is 4. The van der Waals surface area contributed by atoms with E-state index in [1.54, 1.807) is 6.20 Å². The molecule has 3 rings (SSSR count). The number of rotatable bonds is 5. The quantitative estimate of drug-likeness (QED) is 0.726. The molecule has 7 heteroatoms. The number of ketones is 1. The van der Waals surface area contributed by atoms with E-state index in [4.69, 9.17) is 0 Å². The first-order valence-electron chi connectivity index (χ1n) is 6.99. The number of carbonyl (C=O) groups is 1. The molecule has 0 aliphatic carbocycles. The highest BCUT2D eigenvalue weighted by atomic mass is 32.2. The largest absolute Gasteiger partial charge is 0.307 e. The molecule has 3 aromatic rings. The Morgan fingerprint density at radius 1 is 1.17 bits per heavy atom. The van der Waals surface area contributed by atoms with Crippen molar-refractivity contribution in [1.82, 2.24) is 14.1 Å². The zero-order chi connectivity index (χ0) is 16.4. The molecule has 0 spiro atoms. The molecule has 0 bridgehead atoms. The Morgan fingerprint density at radius 3 is 2.57 bits per heavy atom. The predicted octanol–water partition coefficient (Wildman–Crippen LogP) is 2.02. The SMILES string of the molecule is CC(=O)c1ccc(S(=O)(=O)NCc2cn3ccccc3n2)cc1. The fraction of sp³-hybridized carbons (Fsp3) is 0.125. The van der Waals surface area contributed by atoms with Crippen molar-refractivity contribution in [1.29, 1.82) is 0 Å². The number of imidazole rings is 1. The van der Waals surface area contributed by atoms with E-state index < -0.39 is 10.0 Å². The van der Waals surface area contributed by atoms with Gasteiger partial charge in [0.2, 0.25) is 10.0 Å². The van der Waals surface area contributed by atoms with Crippen LogP contribution in [0, 0.1) is 0 Å². The van der Waals surface area contributed by atoms with Crippen molar-refractivity contribution in [3.05, 3.63) is 66.1 Å². The number of hydrogen-bond donors (Lipinski definition) is 1. The molecular weight excluding hydrogens is 314 g/mol. The number of fused-ring (bicyclic) bond motifs is 1. The zero-order valence-corrected chi connectivity index (χ0v) is 13.2. The van der Waals surface area contributed by atoms with Gasteiger partial charge in [0.1, 0.15) is 5.65 Å². The summed E-state index contributed by atoms with van der Waals surface area (Å²) in [5, 5.41) is 0. The fourth-order valence-corrected chi connectivity index (χ4v) is 3.19. The van der Waals surface area contributed by atoms with Gasteiger partial charge in [0.25, 0.3) is 0 Å². The van der Waals surface area contributed by atoms with Crippen LogP contribution in [0.4, 0.5) is 0 Å². The summed E-state index contributed by atoms with van der Waals surface area (Å²) in [4.78, 5) is 15.7. The lowest BCUT2D eigenvalue weighted by Crippen LogP contribution is -2.23. The number of nitrogens with zero attached hydrogens (tertiary/aromatic N) is 2. The molecule has 2 heterocycles. The lowest BCUT2D eigenvalue weighted by Gasteiger charge is -2.05. The maximum absolute atomic E-state index is 12.3. The van der Waals surface area contributed by atoms with Gasteiger partial charge in [0.15, 0.2) is 5.78 Å². The van der Waals surface area contributed by atoms with E-state index in [0.717, 1.165) is 5.65 Å². The second-order valence-electron chi connectivity index (χ2n) is 5.10. The van der Waals surface area contributed by atoms with Gasteiger partial charge in [0.05, 0.1) is 17.1 Å². The topological polar surface area (TPSA) is 80.5 Å². The summed E-state index contributed by atoms with van der Waals surface area (Å²) >= 11 is 0. The Bertz CT molecular complexity index is 927. The minimum Gasteiger partial charge on any atom is -0.307 e. The molecule has 6 nitrogen and oxygen atoms in total. The van der Waals surface area contributed by atoms with Gasteiger partial charge in [-0.1, -0.05) is 18.2 Å². The van der Waals surface area contributed by atoms with E-state index in [9.17, 15) is 13.2 Å². The van der Waals surface area contributed by atoms with Gasteiger partial charge < -0.3 is 4.40 Å². The summed E-state index contributed by atoms with van der Waals surface area (Å²) < 4.78 is 28.9. The minimum absolute atomic E-state index is 0.0957. The van der Waals surface area contributed by atoms with Crippen molar-refractivity contribution in [2.45, 2.75) is 18.4 Å². The number of pyridine rings is 1. The first-order valence-corrected chi connectivity index (χ1v) is 8.47. The van der Waals surface area contributed by atoms with Gasteiger partial charge in [0, 0.05) is 18.0 Å². The van der Waals surface area contributed by atoms with Crippen LogP contribution in [0.5, 0.6) is 0 Å².